The Balaban J connectivity index is 3.65. The van der Waals surface area contributed by atoms with Gasteiger partial charge in [0.1, 0.15) is 0 Å². The maximum Gasteiger partial charge on any atom is 0.315 e. The fraction of sp³-hybridized carbons (Fsp3) is 0.889. The molecule has 2 atom stereocenters. The number of nitrogens with one attached hydrogen (secondary N) is 2. The molecule has 0 aliphatic carbocycles. The van der Waals surface area contributed by atoms with E-state index < -0.39 is 0 Å². The molecule has 0 aliphatic heterocycles. The zero-order valence-electron chi connectivity index (χ0n) is 8.92. The highest BCUT2D eigenvalue weighted by atomic mass is 16.2. The molecule has 0 heterocycles. The van der Waals surface area contributed by atoms with Crippen molar-refractivity contribution in [1.82, 2.24) is 10.6 Å². The highest BCUT2D eigenvalue weighted by molar-refractivity contribution is 5.74. The number of amides is 2. The first-order valence-corrected chi connectivity index (χ1v) is 4.74. The lowest BCUT2D eigenvalue weighted by Gasteiger charge is -2.17. The summed E-state index contributed by atoms with van der Waals surface area (Å²) >= 11 is 0. The van der Waals surface area contributed by atoms with Crippen LogP contribution in [-0.2, 0) is 0 Å². The molecule has 0 saturated heterocycles. The predicted molar refractivity (Wildman–Crippen MR) is 54.5 cm³/mol. The van der Waals surface area contributed by atoms with Crippen LogP contribution in [0.4, 0.5) is 4.79 Å². The number of hydrogen-bond acceptors (Lipinski definition) is 2. The van der Waals surface area contributed by atoms with Crippen molar-refractivity contribution < 1.29 is 4.79 Å². The van der Waals surface area contributed by atoms with Gasteiger partial charge < -0.3 is 16.4 Å². The zero-order valence-corrected chi connectivity index (χ0v) is 8.92. The van der Waals surface area contributed by atoms with Crippen molar-refractivity contribution in [3.63, 3.8) is 0 Å². The molecule has 2 unspecified atom stereocenters. The third kappa shape index (κ3) is 7.59. The first-order valence-electron chi connectivity index (χ1n) is 4.74. The second kappa shape index (κ2) is 5.80. The molecular weight excluding hydrogens is 166 g/mol. The van der Waals surface area contributed by atoms with Crippen LogP contribution < -0.4 is 16.4 Å². The van der Waals surface area contributed by atoms with E-state index in [2.05, 4.69) is 10.6 Å². The van der Waals surface area contributed by atoms with Gasteiger partial charge in [-0.2, -0.15) is 0 Å². The van der Waals surface area contributed by atoms with Crippen LogP contribution in [0.25, 0.3) is 0 Å². The molecule has 0 rings (SSSR count). The van der Waals surface area contributed by atoms with Crippen molar-refractivity contribution in [2.75, 3.05) is 0 Å². The van der Waals surface area contributed by atoms with Gasteiger partial charge >= 0.3 is 6.03 Å². The molecule has 4 N–H and O–H groups in total. The van der Waals surface area contributed by atoms with Crippen molar-refractivity contribution in [1.29, 1.82) is 0 Å². The largest absolute Gasteiger partial charge is 0.336 e. The van der Waals surface area contributed by atoms with Crippen molar-refractivity contribution in [3.8, 4) is 0 Å². The third-order valence-corrected chi connectivity index (χ3v) is 1.52. The number of hydrogen-bond donors (Lipinski definition) is 3. The van der Waals surface area contributed by atoms with Gasteiger partial charge in [0, 0.05) is 18.1 Å². The standard InChI is InChI=1S/C9H21N3O/c1-6(2)11-9(13)12-8(4)5-7(3)10/h6-8H,5,10H2,1-4H3,(H2,11,12,13). The summed E-state index contributed by atoms with van der Waals surface area (Å²) in [4.78, 5) is 11.2. The van der Waals surface area contributed by atoms with Crippen LogP contribution in [0.1, 0.15) is 34.1 Å². The van der Waals surface area contributed by atoms with Crippen LogP contribution in [0, 0.1) is 0 Å². The molecule has 78 valence electrons. The summed E-state index contributed by atoms with van der Waals surface area (Å²) in [5, 5.41) is 5.57. The second-order valence-electron chi connectivity index (χ2n) is 3.89. The monoisotopic (exact) mass is 187 g/mol. The minimum atomic E-state index is -0.122. The molecule has 0 aromatic rings. The normalized spacial score (nSPS) is 15.2. The van der Waals surface area contributed by atoms with Crippen LogP contribution in [0.5, 0.6) is 0 Å². The molecule has 2 amide bonds. The topological polar surface area (TPSA) is 67.1 Å². The van der Waals surface area contributed by atoms with Crippen molar-refractivity contribution >= 4 is 6.03 Å². The number of rotatable bonds is 4. The Morgan fingerprint density at radius 3 is 2.15 bits per heavy atom. The second-order valence-corrected chi connectivity index (χ2v) is 3.89. The highest BCUT2D eigenvalue weighted by Crippen LogP contribution is 1.93. The van der Waals surface area contributed by atoms with Gasteiger partial charge in [0.2, 0.25) is 0 Å². The third-order valence-electron chi connectivity index (χ3n) is 1.52. The molecule has 4 nitrogen and oxygen atoms in total. The Morgan fingerprint density at radius 1 is 1.23 bits per heavy atom. The van der Waals surface area contributed by atoms with Crippen LogP contribution >= 0.6 is 0 Å². The predicted octanol–water partition coefficient (Wildman–Crippen LogP) is 0.820. The van der Waals surface area contributed by atoms with Crippen LogP contribution in [0.2, 0.25) is 0 Å². The fourth-order valence-electron chi connectivity index (χ4n) is 1.14. The maximum absolute atomic E-state index is 11.2. The molecule has 0 fully saturated rings. The Labute approximate surface area is 80.3 Å². The first-order chi connectivity index (χ1) is 5.91. The van der Waals surface area contributed by atoms with Gasteiger partial charge in [-0.05, 0) is 34.1 Å². The van der Waals surface area contributed by atoms with Gasteiger partial charge in [-0.25, -0.2) is 4.79 Å². The van der Waals surface area contributed by atoms with E-state index in [-0.39, 0.29) is 24.2 Å². The summed E-state index contributed by atoms with van der Waals surface area (Å²) in [6, 6.07) is 0.291. The molecular formula is C9H21N3O. The van der Waals surface area contributed by atoms with Gasteiger partial charge in [0.15, 0.2) is 0 Å². The van der Waals surface area contributed by atoms with Crippen LogP contribution in [0.3, 0.4) is 0 Å². The van der Waals surface area contributed by atoms with Crippen LogP contribution in [0.15, 0.2) is 0 Å². The van der Waals surface area contributed by atoms with Gasteiger partial charge in [-0.1, -0.05) is 0 Å². The Morgan fingerprint density at radius 2 is 1.77 bits per heavy atom. The quantitative estimate of drug-likeness (QED) is 0.610. The van der Waals surface area contributed by atoms with Gasteiger partial charge in [0.05, 0.1) is 0 Å². The molecule has 0 spiro atoms. The molecule has 0 saturated carbocycles. The highest BCUT2D eigenvalue weighted by Gasteiger charge is 2.08. The molecule has 0 aromatic heterocycles. The smallest absolute Gasteiger partial charge is 0.315 e. The summed E-state index contributed by atoms with van der Waals surface area (Å²) in [5.74, 6) is 0. The minimum Gasteiger partial charge on any atom is -0.336 e. The first kappa shape index (κ1) is 12.2. The van der Waals surface area contributed by atoms with Gasteiger partial charge in [0.25, 0.3) is 0 Å². The van der Waals surface area contributed by atoms with Crippen molar-refractivity contribution in [2.45, 2.75) is 52.2 Å². The molecule has 13 heavy (non-hydrogen) atoms. The average Bonchev–Trinajstić information content (AvgIpc) is 1.80. The van der Waals surface area contributed by atoms with E-state index in [1.807, 2.05) is 27.7 Å². The van der Waals surface area contributed by atoms with E-state index in [1.165, 1.54) is 0 Å². The Hall–Kier alpha value is -0.770. The molecule has 0 bridgehead atoms. The number of carbonyl (C=O) groups excluding carboxylic acids is 1. The Kier molecular flexibility index (Phi) is 5.46. The van der Waals surface area contributed by atoms with E-state index in [0.29, 0.717) is 0 Å². The minimum absolute atomic E-state index is 0.120. The molecule has 4 heteroatoms. The maximum atomic E-state index is 11.2. The summed E-state index contributed by atoms with van der Waals surface area (Å²) in [6.07, 6.45) is 0.797. The lowest BCUT2D eigenvalue weighted by Crippen LogP contribution is -2.44. The summed E-state index contributed by atoms with van der Waals surface area (Å²) in [5.41, 5.74) is 5.60. The van der Waals surface area contributed by atoms with E-state index in [1.54, 1.807) is 0 Å². The molecule has 0 radical (unpaired) electrons. The molecule has 0 aliphatic rings. The number of carbonyl (C=O) groups is 1. The summed E-state index contributed by atoms with van der Waals surface area (Å²) in [7, 11) is 0. The molecule has 0 aromatic carbocycles. The SMILES string of the molecule is CC(N)CC(C)NC(=O)NC(C)C. The summed E-state index contributed by atoms with van der Waals surface area (Å²) < 4.78 is 0. The van der Waals surface area contributed by atoms with Crippen molar-refractivity contribution in [2.24, 2.45) is 5.73 Å². The Bertz CT molecular complexity index is 157. The van der Waals surface area contributed by atoms with Gasteiger partial charge in [-0.15, -0.1) is 0 Å². The average molecular weight is 187 g/mol. The lowest BCUT2D eigenvalue weighted by atomic mass is 10.1. The number of nitrogens with two attached hydrogens (primary N) is 1. The van der Waals surface area contributed by atoms with Crippen molar-refractivity contribution in [3.05, 3.63) is 0 Å². The van der Waals surface area contributed by atoms with Crippen LogP contribution in [-0.4, -0.2) is 24.2 Å². The van der Waals surface area contributed by atoms with E-state index in [0.717, 1.165) is 6.42 Å². The van der Waals surface area contributed by atoms with Gasteiger partial charge in [-0.3, -0.25) is 0 Å². The fourth-order valence-corrected chi connectivity index (χ4v) is 1.14. The summed E-state index contributed by atoms with van der Waals surface area (Å²) in [6.45, 7) is 7.73. The lowest BCUT2D eigenvalue weighted by molar-refractivity contribution is 0.234. The van der Waals surface area contributed by atoms with E-state index >= 15 is 0 Å². The van der Waals surface area contributed by atoms with E-state index in [4.69, 9.17) is 5.73 Å². The number of urea groups is 1. The zero-order chi connectivity index (χ0) is 10.4. The van der Waals surface area contributed by atoms with E-state index in [9.17, 15) is 4.79 Å².